The van der Waals surface area contributed by atoms with Gasteiger partial charge in [0.2, 0.25) is 5.78 Å². The van der Waals surface area contributed by atoms with E-state index in [-0.39, 0.29) is 11.2 Å². The summed E-state index contributed by atoms with van der Waals surface area (Å²) in [4.78, 5) is 26.1. The molecule has 4 heteroatoms. The third-order valence-corrected chi connectivity index (χ3v) is 5.61. The van der Waals surface area contributed by atoms with E-state index in [0.29, 0.717) is 17.1 Å². The molecule has 0 unspecified atom stereocenters. The zero-order valence-electron chi connectivity index (χ0n) is 18.2. The lowest BCUT2D eigenvalue weighted by Gasteiger charge is -2.27. The fourth-order valence-corrected chi connectivity index (χ4v) is 3.83. The lowest BCUT2D eigenvalue weighted by atomic mass is 9.86. The first-order valence-electron chi connectivity index (χ1n) is 10.5. The third-order valence-electron chi connectivity index (χ3n) is 5.61. The Bertz CT molecular complexity index is 1080. The highest BCUT2D eigenvalue weighted by molar-refractivity contribution is 6.00. The molecular formula is C27H26O4. The number of ether oxygens (including phenoxy) is 2. The number of fused-ring (bicyclic) bond motifs is 2. The number of Topliss-reactive ketones (excluding diaryl/α,β-unsaturated/α-hetero) is 1. The number of carbonyl (C=O) groups is 2. The van der Waals surface area contributed by atoms with Gasteiger partial charge >= 0.3 is 5.97 Å². The molecule has 3 aromatic carbocycles. The smallest absolute Gasteiger partial charge is 0.318 e. The molecule has 0 bridgehead atoms. The van der Waals surface area contributed by atoms with Gasteiger partial charge in [-0.15, -0.1) is 0 Å². The standard InChI is InChI=1S/C27H26O4/c1-17(25(28)18-13-15-19(16-14-18)27(2,3)4)30-26(29)24-20-9-5-7-11-22(20)31-23-12-8-6-10-21(23)24/h5-17,24H,1-4H3/t17-/m0/s1. The van der Waals surface area contributed by atoms with Crippen LogP contribution in [0.4, 0.5) is 0 Å². The molecule has 1 aliphatic rings. The number of rotatable bonds is 4. The van der Waals surface area contributed by atoms with Gasteiger partial charge in [-0.1, -0.05) is 81.4 Å². The lowest BCUT2D eigenvalue weighted by molar-refractivity contribution is -0.147. The Kier molecular flexibility index (Phi) is 5.40. The van der Waals surface area contributed by atoms with Gasteiger partial charge < -0.3 is 9.47 Å². The van der Waals surface area contributed by atoms with Gasteiger partial charge in [-0.05, 0) is 30.0 Å². The van der Waals surface area contributed by atoms with Crippen LogP contribution >= 0.6 is 0 Å². The molecule has 0 aliphatic carbocycles. The summed E-state index contributed by atoms with van der Waals surface area (Å²) in [6.45, 7) is 7.99. The second-order valence-electron chi connectivity index (χ2n) is 8.88. The lowest BCUT2D eigenvalue weighted by Crippen LogP contribution is -2.29. The molecule has 0 N–H and O–H groups in total. The molecule has 0 amide bonds. The summed E-state index contributed by atoms with van der Waals surface area (Å²) in [7, 11) is 0. The van der Waals surface area contributed by atoms with Crippen LogP contribution in [0.2, 0.25) is 0 Å². The van der Waals surface area contributed by atoms with Gasteiger partial charge in [0.1, 0.15) is 17.4 Å². The minimum absolute atomic E-state index is 0.00347. The van der Waals surface area contributed by atoms with Crippen molar-refractivity contribution in [3.05, 3.63) is 95.1 Å². The monoisotopic (exact) mass is 414 g/mol. The van der Waals surface area contributed by atoms with Crippen LogP contribution in [0.15, 0.2) is 72.8 Å². The van der Waals surface area contributed by atoms with Crippen LogP contribution in [0.5, 0.6) is 11.5 Å². The van der Waals surface area contributed by atoms with E-state index in [9.17, 15) is 9.59 Å². The largest absolute Gasteiger partial charge is 0.457 e. The van der Waals surface area contributed by atoms with Crippen molar-refractivity contribution in [2.24, 2.45) is 0 Å². The first-order valence-corrected chi connectivity index (χ1v) is 10.5. The highest BCUT2D eigenvalue weighted by Gasteiger charge is 2.35. The summed E-state index contributed by atoms with van der Waals surface area (Å²) in [5.74, 6) is -0.0720. The van der Waals surface area contributed by atoms with E-state index in [1.807, 2.05) is 60.7 Å². The topological polar surface area (TPSA) is 52.6 Å². The van der Waals surface area contributed by atoms with Gasteiger partial charge in [0.05, 0.1) is 0 Å². The predicted octanol–water partition coefficient (Wildman–Crippen LogP) is 6.04. The average Bonchev–Trinajstić information content (AvgIpc) is 2.76. The van der Waals surface area contributed by atoms with E-state index in [2.05, 4.69) is 20.8 Å². The summed E-state index contributed by atoms with van der Waals surface area (Å²) < 4.78 is 11.6. The molecule has 1 atom stereocenters. The number of benzene rings is 3. The van der Waals surface area contributed by atoms with E-state index < -0.39 is 18.0 Å². The maximum atomic E-state index is 13.2. The van der Waals surface area contributed by atoms with Crippen molar-refractivity contribution in [1.29, 1.82) is 0 Å². The summed E-state index contributed by atoms with van der Waals surface area (Å²) in [5.41, 5.74) is 3.15. The molecule has 3 aromatic rings. The highest BCUT2D eigenvalue weighted by atomic mass is 16.5. The Morgan fingerprint density at radius 1 is 0.839 bits per heavy atom. The van der Waals surface area contributed by atoms with E-state index in [1.165, 1.54) is 0 Å². The van der Waals surface area contributed by atoms with Gasteiger partial charge in [-0.3, -0.25) is 9.59 Å². The van der Waals surface area contributed by atoms with Gasteiger partial charge in [-0.2, -0.15) is 0 Å². The van der Waals surface area contributed by atoms with Crippen molar-refractivity contribution in [2.45, 2.75) is 45.1 Å². The molecule has 0 fully saturated rings. The summed E-state index contributed by atoms with van der Waals surface area (Å²) in [5, 5.41) is 0. The zero-order chi connectivity index (χ0) is 22.2. The molecule has 1 aliphatic heterocycles. The highest BCUT2D eigenvalue weighted by Crippen LogP contribution is 2.44. The van der Waals surface area contributed by atoms with Crippen LogP contribution in [0, 0.1) is 0 Å². The van der Waals surface area contributed by atoms with Crippen LogP contribution in [-0.2, 0) is 14.9 Å². The molecule has 4 nitrogen and oxygen atoms in total. The Labute approximate surface area is 182 Å². The molecule has 1 heterocycles. The van der Waals surface area contributed by atoms with Gasteiger partial charge in [0.25, 0.3) is 0 Å². The van der Waals surface area contributed by atoms with Crippen LogP contribution < -0.4 is 4.74 Å². The molecule has 0 spiro atoms. The maximum absolute atomic E-state index is 13.2. The van der Waals surface area contributed by atoms with Crippen molar-refractivity contribution in [3.63, 3.8) is 0 Å². The molecular weight excluding hydrogens is 388 g/mol. The number of hydrogen-bond acceptors (Lipinski definition) is 4. The first-order chi connectivity index (χ1) is 14.8. The summed E-state index contributed by atoms with van der Waals surface area (Å²) in [6.07, 6.45) is -0.893. The molecule has 31 heavy (non-hydrogen) atoms. The normalized spacial score (nSPS) is 14.1. The first kappa shape index (κ1) is 20.9. The van der Waals surface area contributed by atoms with E-state index >= 15 is 0 Å². The Hall–Kier alpha value is -3.40. The molecule has 158 valence electrons. The number of carbonyl (C=O) groups excluding carboxylic acids is 2. The fourth-order valence-electron chi connectivity index (χ4n) is 3.83. The third kappa shape index (κ3) is 4.11. The van der Waals surface area contributed by atoms with Crippen LogP contribution in [0.1, 0.15) is 60.7 Å². The van der Waals surface area contributed by atoms with Crippen molar-refractivity contribution in [3.8, 4) is 11.5 Å². The van der Waals surface area contributed by atoms with Crippen molar-refractivity contribution in [2.75, 3.05) is 0 Å². The second kappa shape index (κ2) is 8.03. The van der Waals surface area contributed by atoms with Crippen LogP contribution in [0.25, 0.3) is 0 Å². The van der Waals surface area contributed by atoms with Crippen molar-refractivity contribution >= 4 is 11.8 Å². The Morgan fingerprint density at radius 3 is 1.87 bits per heavy atom. The molecule has 0 radical (unpaired) electrons. The van der Waals surface area contributed by atoms with Crippen LogP contribution in [-0.4, -0.2) is 17.9 Å². The Balaban J connectivity index is 1.56. The number of esters is 1. The minimum atomic E-state index is -0.893. The van der Waals surface area contributed by atoms with Crippen LogP contribution in [0.3, 0.4) is 0 Å². The van der Waals surface area contributed by atoms with Gasteiger partial charge in [0, 0.05) is 16.7 Å². The Morgan fingerprint density at radius 2 is 1.35 bits per heavy atom. The van der Waals surface area contributed by atoms with E-state index in [1.54, 1.807) is 19.1 Å². The molecule has 0 saturated heterocycles. The average molecular weight is 415 g/mol. The number of ketones is 1. The van der Waals surface area contributed by atoms with E-state index in [4.69, 9.17) is 9.47 Å². The van der Waals surface area contributed by atoms with Gasteiger partial charge in [-0.25, -0.2) is 0 Å². The molecule has 0 saturated carbocycles. The van der Waals surface area contributed by atoms with E-state index in [0.717, 1.165) is 16.7 Å². The van der Waals surface area contributed by atoms with Crippen molar-refractivity contribution < 1.29 is 19.1 Å². The fraction of sp³-hybridized carbons (Fsp3) is 0.259. The number of para-hydroxylation sites is 2. The minimum Gasteiger partial charge on any atom is -0.457 e. The SMILES string of the molecule is C[C@H](OC(=O)C1c2ccccc2Oc2ccccc21)C(=O)c1ccc(C(C)(C)C)cc1. The summed E-state index contributed by atoms with van der Waals surface area (Å²) >= 11 is 0. The number of hydrogen-bond donors (Lipinski definition) is 0. The maximum Gasteiger partial charge on any atom is 0.318 e. The molecule has 0 aromatic heterocycles. The molecule has 4 rings (SSSR count). The predicted molar refractivity (Wildman–Crippen MR) is 120 cm³/mol. The zero-order valence-corrected chi connectivity index (χ0v) is 18.2. The van der Waals surface area contributed by atoms with Gasteiger partial charge in [0.15, 0.2) is 6.10 Å². The quantitative estimate of drug-likeness (QED) is 0.386. The summed E-state index contributed by atoms with van der Waals surface area (Å²) in [6, 6.07) is 22.3. The van der Waals surface area contributed by atoms with Crippen molar-refractivity contribution in [1.82, 2.24) is 0 Å². The second-order valence-corrected chi connectivity index (χ2v) is 8.88.